The lowest BCUT2D eigenvalue weighted by atomic mass is 9.98. The van der Waals surface area contributed by atoms with Crippen molar-refractivity contribution in [1.29, 1.82) is 0 Å². The maximum atomic E-state index is 12.7. The maximum Gasteiger partial charge on any atom is 0.256 e. The van der Waals surface area contributed by atoms with E-state index in [0.717, 1.165) is 17.8 Å². The van der Waals surface area contributed by atoms with E-state index in [2.05, 4.69) is 18.9 Å². The van der Waals surface area contributed by atoms with Crippen LogP contribution in [-0.4, -0.2) is 20.0 Å². The molecule has 0 N–H and O–H groups in total. The van der Waals surface area contributed by atoms with Crippen LogP contribution in [0.5, 0.6) is 0 Å². The molecule has 0 saturated heterocycles. The summed E-state index contributed by atoms with van der Waals surface area (Å²) in [7, 11) is 0. The lowest BCUT2D eigenvalue weighted by Crippen LogP contribution is -2.27. The van der Waals surface area contributed by atoms with Gasteiger partial charge in [0.05, 0.1) is 16.8 Å². The molecule has 20 heavy (non-hydrogen) atoms. The molecule has 3 unspecified atom stereocenters. The normalized spacial score (nSPS) is 38.3. The molecule has 3 atom stereocenters. The third-order valence-electron chi connectivity index (χ3n) is 5.90. The first-order valence-electron chi connectivity index (χ1n) is 7.12. The minimum absolute atomic E-state index is 0.0500. The molecule has 0 aromatic carbocycles. The van der Waals surface area contributed by atoms with Crippen LogP contribution in [0.4, 0.5) is 0 Å². The molecular formula is C15H18Cl2N2O. The van der Waals surface area contributed by atoms with E-state index in [4.69, 9.17) is 23.2 Å². The molecular weight excluding hydrogens is 295 g/mol. The van der Waals surface area contributed by atoms with Crippen LogP contribution < -0.4 is 0 Å². The first kappa shape index (κ1) is 13.1. The van der Waals surface area contributed by atoms with Gasteiger partial charge in [-0.1, -0.05) is 13.8 Å². The van der Waals surface area contributed by atoms with Crippen LogP contribution in [0.2, 0.25) is 0 Å². The molecule has 3 aliphatic carbocycles. The van der Waals surface area contributed by atoms with Crippen LogP contribution in [0.1, 0.15) is 54.9 Å². The van der Waals surface area contributed by atoms with Crippen LogP contribution in [0.25, 0.3) is 0 Å². The standard InChI is InChI=1S/C15H18Cl2N2O/c1-7-10-9(5-8-11(10)13(8,2)3)19(18-7)12(20)14(4)6-15(14,16)17/h8,11H,5-6H2,1-4H3. The number of hydrogen-bond donors (Lipinski definition) is 0. The molecule has 1 heterocycles. The first-order valence-corrected chi connectivity index (χ1v) is 7.88. The second-order valence-corrected chi connectivity index (χ2v) is 8.97. The number of hydrogen-bond acceptors (Lipinski definition) is 2. The van der Waals surface area contributed by atoms with E-state index < -0.39 is 9.75 Å². The van der Waals surface area contributed by atoms with Crippen LogP contribution in [0.3, 0.4) is 0 Å². The Kier molecular flexibility index (Phi) is 2.15. The number of carbonyl (C=O) groups excluding carboxylic acids is 1. The second-order valence-electron chi connectivity index (χ2n) is 7.49. The highest BCUT2D eigenvalue weighted by molar-refractivity contribution is 6.53. The molecule has 0 spiro atoms. The van der Waals surface area contributed by atoms with Crippen molar-refractivity contribution in [2.45, 2.75) is 50.8 Å². The van der Waals surface area contributed by atoms with E-state index in [0.29, 0.717) is 23.7 Å². The van der Waals surface area contributed by atoms with Gasteiger partial charge in [-0.05, 0) is 43.9 Å². The molecule has 1 aromatic rings. The summed E-state index contributed by atoms with van der Waals surface area (Å²) in [6, 6.07) is 0. The van der Waals surface area contributed by atoms with Crippen molar-refractivity contribution in [2.24, 2.45) is 16.7 Å². The van der Waals surface area contributed by atoms with Crippen molar-refractivity contribution >= 4 is 29.1 Å². The SMILES string of the molecule is Cc1nn(C(=O)C2(C)CC2(Cl)Cl)c2c1C1C(C2)C1(C)C. The van der Waals surface area contributed by atoms with Gasteiger partial charge in [-0.15, -0.1) is 23.2 Å². The number of fused-ring (bicyclic) bond motifs is 3. The van der Waals surface area contributed by atoms with Gasteiger partial charge < -0.3 is 0 Å². The third kappa shape index (κ3) is 1.29. The first-order chi connectivity index (χ1) is 9.11. The topological polar surface area (TPSA) is 34.9 Å². The Morgan fingerprint density at radius 3 is 2.50 bits per heavy atom. The smallest absolute Gasteiger partial charge is 0.256 e. The monoisotopic (exact) mass is 312 g/mol. The molecule has 0 radical (unpaired) electrons. The Labute approximate surface area is 128 Å². The fraction of sp³-hybridized carbons (Fsp3) is 0.733. The van der Waals surface area contributed by atoms with Crippen LogP contribution in [0, 0.1) is 23.7 Å². The Morgan fingerprint density at radius 2 is 1.95 bits per heavy atom. The van der Waals surface area contributed by atoms with Crippen molar-refractivity contribution in [3.05, 3.63) is 17.0 Å². The molecule has 3 aliphatic rings. The molecule has 1 aromatic heterocycles. The average Bonchev–Trinajstić information content (AvgIpc) is 2.88. The number of alkyl halides is 2. The van der Waals surface area contributed by atoms with Gasteiger partial charge in [0.25, 0.3) is 5.91 Å². The van der Waals surface area contributed by atoms with Crippen molar-refractivity contribution in [3.8, 4) is 0 Å². The molecule has 2 fully saturated rings. The molecule has 4 rings (SSSR count). The van der Waals surface area contributed by atoms with Gasteiger partial charge in [-0.25, -0.2) is 4.68 Å². The minimum atomic E-state index is -0.933. The van der Waals surface area contributed by atoms with Gasteiger partial charge in [0.15, 0.2) is 0 Å². The Balaban J connectivity index is 1.75. The Hall–Kier alpha value is -0.540. The maximum absolute atomic E-state index is 12.7. The highest BCUT2D eigenvalue weighted by Crippen LogP contribution is 2.71. The van der Waals surface area contributed by atoms with E-state index >= 15 is 0 Å². The molecule has 2 saturated carbocycles. The van der Waals surface area contributed by atoms with Gasteiger partial charge in [0.2, 0.25) is 0 Å². The van der Waals surface area contributed by atoms with Crippen LogP contribution in [0.15, 0.2) is 0 Å². The number of carbonyl (C=O) groups is 1. The van der Waals surface area contributed by atoms with E-state index in [-0.39, 0.29) is 5.91 Å². The Bertz CT molecular complexity index is 661. The van der Waals surface area contributed by atoms with Gasteiger partial charge in [0.1, 0.15) is 4.33 Å². The number of aromatic nitrogens is 2. The summed E-state index contributed by atoms with van der Waals surface area (Å²) < 4.78 is 0.664. The average molecular weight is 313 g/mol. The van der Waals surface area contributed by atoms with Crippen LogP contribution in [-0.2, 0) is 6.42 Å². The lowest BCUT2D eigenvalue weighted by molar-refractivity contribution is 0.0802. The van der Waals surface area contributed by atoms with E-state index in [9.17, 15) is 4.79 Å². The summed E-state index contributed by atoms with van der Waals surface area (Å²) in [4.78, 5) is 12.7. The Morgan fingerprint density at radius 1 is 1.35 bits per heavy atom. The summed E-state index contributed by atoms with van der Waals surface area (Å²) in [5.41, 5.74) is 3.06. The molecule has 0 amide bonds. The summed E-state index contributed by atoms with van der Waals surface area (Å²) in [6.07, 6.45) is 1.46. The summed E-state index contributed by atoms with van der Waals surface area (Å²) >= 11 is 12.3. The quantitative estimate of drug-likeness (QED) is 0.741. The molecule has 108 valence electrons. The fourth-order valence-electron chi connectivity index (χ4n) is 4.13. The lowest BCUT2D eigenvalue weighted by Gasteiger charge is -2.14. The van der Waals surface area contributed by atoms with Gasteiger partial charge in [0, 0.05) is 5.56 Å². The van der Waals surface area contributed by atoms with Gasteiger partial charge in [-0.3, -0.25) is 4.79 Å². The van der Waals surface area contributed by atoms with Crippen molar-refractivity contribution in [3.63, 3.8) is 0 Å². The van der Waals surface area contributed by atoms with E-state index in [1.807, 2.05) is 13.8 Å². The van der Waals surface area contributed by atoms with Crippen molar-refractivity contribution in [2.75, 3.05) is 0 Å². The van der Waals surface area contributed by atoms with Crippen molar-refractivity contribution in [1.82, 2.24) is 9.78 Å². The zero-order chi connectivity index (χ0) is 14.7. The highest BCUT2D eigenvalue weighted by atomic mass is 35.5. The fourth-order valence-corrected chi connectivity index (χ4v) is 4.82. The summed E-state index contributed by atoms with van der Waals surface area (Å²) in [6.45, 7) is 8.44. The summed E-state index contributed by atoms with van der Waals surface area (Å²) in [5, 5.41) is 4.50. The molecule has 5 heteroatoms. The summed E-state index contributed by atoms with van der Waals surface area (Å²) in [5.74, 6) is 1.19. The number of aryl methyl sites for hydroxylation is 1. The molecule has 3 nitrogen and oxygen atoms in total. The number of rotatable bonds is 1. The predicted molar refractivity (Wildman–Crippen MR) is 78.5 cm³/mol. The molecule has 0 bridgehead atoms. The second kappa shape index (κ2) is 3.27. The number of nitrogens with zero attached hydrogens (tertiary/aromatic N) is 2. The largest absolute Gasteiger partial charge is 0.272 e. The van der Waals surface area contributed by atoms with Gasteiger partial charge in [-0.2, -0.15) is 5.10 Å². The van der Waals surface area contributed by atoms with Gasteiger partial charge >= 0.3 is 0 Å². The highest BCUT2D eigenvalue weighted by Gasteiger charge is 2.70. The third-order valence-corrected chi connectivity index (χ3v) is 7.00. The zero-order valence-corrected chi connectivity index (χ0v) is 13.6. The van der Waals surface area contributed by atoms with Crippen LogP contribution >= 0.6 is 23.2 Å². The zero-order valence-electron chi connectivity index (χ0n) is 12.1. The predicted octanol–water partition coefficient (Wildman–Crippen LogP) is 3.71. The minimum Gasteiger partial charge on any atom is -0.272 e. The van der Waals surface area contributed by atoms with E-state index in [1.54, 1.807) is 4.68 Å². The van der Waals surface area contributed by atoms with Crippen molar-refractivity contribution < 1.29 is 4.79 Å². The van der Waals surface area contributed by atoms with E-state index in [1.165, 1.54) is 5.56 Å². The molecule has 0 aliphatic heterocycles. The number of halogens is 2.